The number of ether oxygens (including phenoxy) is 5. The lowest BCUT2D eigenvalue weighted by atomic mass is 9.83. The molecule has 4 amide bonds. The number of nitrogens with zero attached hydrogens (tertiary/aromatic N) is 2. The highest BCUT2D eigenvalue weighted by atomic mass is 35.5. The zero-order valence-corrected chi connectivity index (χ0v) is 45.8. The Balaban J connectivity index is 1.36. The number of phosphoric acid groups is 1. The van der Waals surface area contributed by atoms with Crippen LogP contribution in [0.15, 0.2) is 35.9 Å². The van der Waals surface area contributed by atoms with Gasteiger partial charge in [-0.25, -0.2) is 14.2 Å². The number of fused-ring (bicyclic) bond motifs is 5. The van der Waals surface area contributed by atoms with E-state index in [9.17, 15) is 38.5 Å². The van der Waals surface area contributed by atoms with E-state index in [1.165, 1.54) is 41.9 Å². The van der Waals surface area contributed by atoms with Gasteiger partial charge in [-0.15, -0.1) is 0 Å². The summed E-state index contributed by atoms with van der Waals surface area (Å²) in [6.45, 7) is 9.72. The summed E-state index contributed by atoms with van der Waals surface area (Å²) >= 11 is 6.81. The van der Waals surface area contributed by atoms with Gasteiger partial charge in [0.05, 0.1) is 31.9 Å². The Bertz CT molecular complexity index is 2120. The van der Waals surface area contributed by atoms with Gasteiger partial charge in [0.2, 0.25) is 17.7 Å². The molecule has 3 heterocycles. The standard InChI is InChI=1S/C48H74ClN4O15PS2/c1-30-17-15-19-38(63-9)48(59)29-37(66-46(58)51-48)32(3)44-47(5,68-44)39(28-42(56)53(7)35-26-34(25-30)27-36(62-8)43(35)49)67-45(57)33(4)52(6)41(55)21-24-70-71-31(2)18-16-20-40(54)50-22-13-11-12-14-23-65-69(60,61)64-10/h15,17,19,26-27,31-33,37-39,44,59H,11-14,16,18,20-25,28-29H2,1-10H3,(H,50,54)(H,51,58)(H,60,61)/b19-15+,30-17+/t31?,32-,33?,37?,38-,39?,44?,47?,48+/m1/s1. The van der Waals surface area contributed by atoms with Gasteiger partial charge in [-0.1, -0.05) is 83.7 Å². The van der Waals surface area contributed by atoms with Gasteiger partial charge in [-0.05, 0) is 70.6 Å². The largest absolute Gasteiger partial charge is 0.495 e. The molecule has 4 bridgehead atoms. The summed E-state index contributed by atoms with van der Waals surface area (Å²) in [4.78, 5) is 79.0. The van der Waals surface area contributed by atoms with Crippen molar-refractivity contribution in [2.45, 2.75) is 152 Å². The number of methoxy groups -OCH3 is 2. The number of nitrogens with one attached hydrogen (secondary N) is 2. The van der Waals surface area contributed by atoms with Crippen LogP contribution in [0.25, 0.3) is 0 Å². The number of hydrogen-bond donors (Lipinski definition) is 4. The lowest BCUT2D eigenvalue weighted by Crippen LogP contribution is -2.63. The molecule has 23 heteroatoms. The fourth-order valence-corrected chi connectivity index (χ4v) is 11.6. The number of amides is 4. The van der Waals surface area contributed by atoms with Crippen LogP contribution in [0.1, 0.15) is 104 Å². The first-order chi connectivity index (χ1) is 33.5. The Morgan fingerprint density at radius 1 is 1.11 bits per heavy atom. The molecule has 1 aromatic carbocycles. The van der Waals surface area contributed by atoms with E-state index >= 15 is 0 Å². The Hall–Kier alpha value is -3.37. The fraction of sp³-hybridized carbons (Fsp3) is 0.688. The van der Waals surface area contributed by atoms with E-state index < -0.39 is 73.5 Å². The SMILES string of the molecule is COc1cc2cc(c1Cl)N(C)C(=O)CC(OC(=O)C(C)N(C)C(=O)CCSSC(C)CCCC(=O)NCCCCCCOP(=O)(O)OC)C1(C)OC1[C@H](C)C1C[C@@](O)(NC(=O)O1)[C@H](OC)/C=C/C=C(\C)C2. The first kappa shape index (κ1) is 60.2. The molecule has 1 aromatic rings. The van der Waals surface area contributed by atoms with E-state index in [-0.39, 0.29) is 48.0 Å². The average molecular weight is 1080 g/mol. The molecule has 0 radical (unpaired) electrons. The molecule has 0 spiro atoms. The van der Waals surface area contributed by atoms with Crippen LogP contribution >= 0.6 is 41.0 Å². The number of alkyl carbamates (subject to hydrolysis) is 1. The second kappa shape index (κ2) is 27.8. The minimum atomic E-state index is -3.95. The van der Waals surface area contributed by atoms with E-state index in [4.69, 9.17) is 39.8 Å². The molecule has 10 atom stereocenters. The van der Waals surface area contributed by atoms with Crippen molar-refractivity contribution in [3.8, 4) is 5.75 Å². The highest BCUT2D eigenvalue weighted by Crippen LogP contribution is 2.49. The Kier molecular flexibility index (Phi) is 23.6. The van der Waals surface area contributed by atoms with Crippen molar-refractivity contribution in [2.24, 2.45) is 5.92 Å². The maximum Gasteiger partial charge on any atom is 0.471 e. The summed E-state index contributed by atoms with van der Waals surface area (Å²) in [5.74, 6) is -1.23. The molecular weight excluding hydrogens is 1000 g/mol. The summed E-state index contributed by atoms with van der Waals surface area (Å²) in [6, 6.07) is 2.53. The molecule has 3 aliphatic rings. The third-order valence-electron chi connectivity index (χ3n) is 13.0. The number of anilines is 1. The summed E-state index contributed by atoms with van der Waals surface area (Å²) in [7, 11) is 6.34. The zero-order chi connectivity index (χ0) is 52.7. The molecular formula is C48H74ClN4O15PS2. The minimum Gasteiger partial charge on any atom is -0.495 e. The monoisotopic (exact) mass is 1080 g/mol. The van der Waals surface area contributed by atoms with Gasteiger partial charge < -0.3 is 48.8 Å². The third kappa shape index (κ3) is 17.6. The van der Waals surface area contributed by atoms with Crippen molar-refractivity contribution >= 4 is 76.5 Å². The summed E-state index contributed by atoms with van der Waals surface area (Å²) in [5.41, 5.74) is -1.04. The third-order valence-corrected chi connectivity index (χ3v) is 17.4. The molecule has 400 valence electrons. The highest BCUT2D eigenvalue weighted by Gasteiger charge is 2.64. The number of likely N-dealkylation sites (N-methyl/N-ethyl adjacent to an activating group) is 1. The number of halogens is 1. The number of phosphoric ester groups is 1. The van der Waals surface area contributed by atoms with Crippen molar-refractivity contribution in [3.05, 3.63) is 46.5 Å². The molecule has 2 saturated heterocycles. The smallest absolute Gasteiger partial charge is 0.471 e. The number of benzene rings is 1. The maximum atomic E-state index is 14.3. The molecule has 4 rings (SSSR count). The van der Waals surface area contributed by atoms with E-state index in [1.807, 2.05) is 13.0 Å². The molecule has 0 aromatic heterocycles. The number of aliphatic hydroxyl groups is 1. The Morgan fingerprint density at radius 2 is 1.83 bits per heavy atom. The van der Waals surface area contributed by atoms with Gasteiger partial charge in [-0.3, -0.25) is 28.7 Å². The summed E-state index contributed by atoms with van der Waals surface area (Å²) in [5, 5.41) is 17.7. The molecule has 0 aliphatic carbocycles. The van der Waals surface area contributed by atoms with E-state index in [0.29, 0.717) is 49.4 Å². The van der Waals surface area contributed by atoms with Gasteiger partial charge in [0.15, 0.2) is 5.72 Å². The number of epoxide rings is 1. The van der Waals surface area contributed by atoms with Crippen LogP contribution in [0, 0.1) is 5.92 Å². The van der Waals surface area contributed by atoms with Crippen LogP contribution in [-0.2, 0) is 58.2 Å². The van der Waals surface area contributed by atoms with Gasteiger partial charge in [0.25, 0.3) is 0 Å². The number of rotatable bonds is 23. The lowest BCUT2D eigenvalue weighted by Gasteiger charge is -2.42. The number of allylic oxidation sites excluding steroid dienone is 3. The number of carbonyl (C=O) groups excluding carboxylic acids is 5. The Labute approximate surface area is 431 Å². The molecule has 0 saturated carbocycles. The van der Waals surface area contributed by atoms with E-state index in [1.54, 1.807) is 62.9 Å². The Morgan fingerprint density at radius 3 is 2.52 bits per heavy atom. The van der Waals surface area contributed by atoms with E-state index in [2.05, 4.69) is 22.1 Å². The fourth-order valence-electron chi connectivity index (χ4n) is 8.42. The number of hydrogen-bond acceptors (Lipinski definition) is 16. The predicted molar refractivity (Wildman–Crippen MR) is 273 cm³/mol. The highest BCUT2D eigenvalue weighted by molar-refractivity contribution is 8.76. The van der Waals surface area contributed by atoms with Crippen molar-refractivity contribution < 1.29 is 71.3 Å². The molecule has 7 unspecified atom stereocenters. The normalized spacial score (nSPS) is 27.6. The van der Waals surface area contributed by atoms with Crippen molar-refractivity contribution in [1.82, 2.24) is 15.5 Å². The van der Waals surface area contributed by atoms with Crippen molar-refractivity contribution in [3.63, 3.8) is 0 Å². The number of esters is 1. The second-order valence-corrected chi connectivity index (χ2v) is 23.4. The van der Waals surface area contributed by atoms with E-state index in [0.717, 1.165) is 43.9 Å². The quantitative estimate of drug-likeness (QED) is 0.0277. The van der Waals surface area contributed by atoms with Crippen molar-refractivity contribution in [1.29, 1.82) is 0 Å². The lowest BCUT2D eigenvalue weighted by molar-refractivity contribution is -0.162. The van der Waals surface area contributed by atoms with Crippen LogP contribution in [0.4, 0.5) is 10.5 Å². The first-order valence-corrected chi connectivity index (χ1v) is 28.2. The van der Waals surface area contributed by atoms with Crippen molar-refractivity contribution in [2.75, 3.05) is 59.2 Å². The van der Waals surface area contributed by atoms with Gasteiger partial charge >= 0.3 is 19.9 Å². The maximum absolute atomic E-state index is 14.3. The molecule has 2 fully saturated rings. The van der Waals surface area contributed by atoms with Crippen LogP contribution in [0.5, 0.6) is 5.75 Å². The topological polar surface area (TPSA) is 241 Å². The first-order valence-electron chi connectivity index (χ1n) is 23.9. The number of carbonyl (C=O) groups is 5. The average Bonchev–Trinajstić information content (AvgIpc) is 4.02. The van der Waals surface area contributed by atoms with Crippen LogP contribution in [0.3, 0.4) is 0 Å². The van der Waals surface area contributed by atoms with Gasteiger partial charge in [-0.2, -0.15) is 0 Å². The molecule has 3 aliphatic heterocycles. The van der Waals surface area contributed by atoms with Crippen LogP contribution in [-0.4, -0.2) is 146 Å². The minimum absolute atomic E-state index is 0.0159. The van der Waals surface area contributed by atoms with Gasteiger partial charge in [0, 0.05) is 71.0 Å². The second-order valence-electron chi connectivity index (χ2n) is 18.5. The summed E-state index contributed by atoms with van der Waals surface area (Å²) < 4.78 is 49.9. The molecule has 4 N–H and O–H groups in total. The number of unbranched alkanes of at least 4 members (excludes halogenated alkanes) is 3. The predicted octanol–water partition coefficient (Wildman–Crippen LogP) is 7.28. The molecule has 71 heavy (non-hydrogen) atoms. The molecule has 19 nitrogen and oxygen atoms in total. The summed E-state index contributed by atoms with van der Waals surface area (Å²) in [6.07, 6.45) is 5.80. The zero-order valence-electron chi connectivity index (χ0n) is 42.6. The van der Waals surface area contributed by atoms with Crippen LogP contribution in [0.2, 0.25) is 5.02 Å². The van der Waals surface area contributed by atoms with Crippen LogP contribution < -0.4 is 20.3 Å². The van der Waals surface area contributed by atoms with Gasteiger partial charge in [0.1, 0.15) is 40.7 Å².